The molecule has 0 amide bonds. The lowest BCUT2D eigenvalue weighted by Gasteiger charge is -2.15. The van der Waals surface area contributed by atoms with Gasteiger partial charge in [-0.25, -0.2) is 0 Å². The Labute approximate surface area is 119 Å². The van der Waals surface area contributed by atoms with Crippen LogP contribution in [0.15, 0.2) is 36.4 Å². The number of nitrogens with two attached hydrogens (primary N) is 2. The van der Waals surface area contributed by atoms with E-state index in [9.17, 15) is 0 Å². The molecular formula is C16H20N2O2. The van der Waals surface area contributed by atoms with Crippen LogP contribution in [0, 0.1) is 0 Å². The fraction of sp³-hybridized carbons (Fsp3) is 0.250. The highest BCUT2D eigenvalue weighted by Gasteiger charge is 2.13. The smallest absolute Gasteiger partial charge is 0.163 e. The van der Waals surface area contributed by atoms with Crippen molar-refractivity contribution >= 4 is 5.69 Å². The fourth-order valence-corrected chi connectivity index (χ4v) is 2.27. The molecule has 0 radical (unpaired) electrons. The van der Waals surface area contributed by atoms with Crippen LogP contribution in [0.4, 0.5) is 5.69 Å². The molecule has 0 unspecified atom stereocenters. The van der Waals surface area contributed by atoms with Gasteiger partial charge in [0.2, 0.25) is 0 Å². The molecule has 0 aliphatic rings. The molecule has 0 aliphatic carbocycles. The van der Waals surface area contributed by atoms with E-state index in [0.717, 1.165) is 34.5 Å². The predicted molar refractivity (Wildman–Crippen MR) is 82.2 cm³/mol. The number of benzene rings is 2. The van der Waals surface area contributed by atoms with Crippen molar-refractivity contribution in [2.24, 2.45) is 5.73 Å². The molecule has 0 saturated carbocycles. The van der Waals surface area contributed by atoms with E-state index in [0.29, 0.717) is 12.3 Å². The van der Waals surface area contributed by atoms with Gasteiger partial charge >= 0.3 is 0 Å². The maximum absolute atomic E-state index is 5.84. The van der Waals surface area contributed by atoms with Gasteiger partial charge in [0.1, 0.15) is 0 Å². The highest BCUT2D eigenvalue weighted by atomic mass is 16.5. The lowest BCUT2D eigenvalue weighted by Crippen LogP contribution is -2.05. The Morgan fingerprint density at radius 3 is 2.40 bits per heavy atom. The summed E-state index contributed by atoms with van der Waals surface area (Å²) in [4.78, 5) is 0. The highest BCUT2D eigenvalue weighted by molar-refractivity contribution is 5.71. The van der Waals surface area contributed by atoms with Crippen molar-refractivity contribution in [1.29, 1.82) is 0 Å². The molecule has 2 rings (SSSR count). The van der Waals surface area contributed by atoms with Crippen molar-refractivity contribution in [3.8, 4) is 22.6 Å². The standard InChI is InChI=1S/C16H20N2O2/c1-19-15-10-13(11-4-3-5-14(18)9-11)8-12(6-7-17)16(15)20-2/h3-5,8-10H,6-7,17-18H2,1-2H3. The Morgan fingerprint density at radius 1 is 1.00 bits per heavy atom. The predicted octanol–water partition coefficient (Wildman–Crippen LogP) is 2.45. The minimum Gasteiger partial charge on any atom is -0.493 e. The molecule has 0 aromatic heterocycles. The average Bonchev–Trinajstić information content (AvgIpc) is 2.46. The average molecular weight is 272 g/mol. The normalized spacial score (nSPS) is 10.3. The molecule has 0 fully saturated rings. The monoisotopic (exact) mass is 272 g/mol. The summed E-state index contributed by atoms with van der Waals surface area (Å²) in [5.74, 6) is 1.45. The fourth-order valence-electron chi connectivity index (χ4n) is 2.27. The zero-order valence-corrected chi connectivity index (χ0v) is 11.8. The summed E-state index contributed by atoms with van der Waals surface area (Å²) in [5.41, 5.74) is 15.4. The van der Waals surface area contributed by atoms with Crippen LogP contribution in [0.2, 0.25) is 0 Å². The van der Waals surface area contributed by atoms with E-state index in [-0.39, 0.29) is 0 Å². The number of hydrogen-bond acceptors (Lipinski definition) is 4. The van der Waals surface area contributed by atoms with Gasteiger partial charge in [0, 0.05) is 5.69 Å². The first-order valence-electron chi connectivity index (χ1n) is 6.50. The van der Waals surface area contributed by atoms with Crippen molar-refractivity contribution < 1.29 is 9.47 Å². The molecule has 0 atom stereocenters. The lowest BCUT2D eigenvalue weighted by molar-refractivity contribution is 0.352. The minimum absolute atomic E-state index is 0.555. The van der Waals surface area contributed by atoms with Crippen molar-refractivity contribution in [3.05, 3.63) is 42.0 Å². The number of nitrogen functional groups attached to an aromatic ring is 1. The molecule has 0 bridgehead atoms. The quantitative estimate of drug-likeness (QED) is 0.820. The van der Waals surface area contributed by atoms with Crippen molar-refractivity contribution in [2.75, 3.05) is 26.5 Å². The van der Waals surface area contributed by atoms with E-state index in [1.807, 2.05) is 30.3 Å². The van der Waals surface area contributed by atoms with Gasteiger partial charge in [0.15, 0.2) is 11.5 Å². The van der Waals surface area contributed by atoms with Crippen molar-refractivity contribution in [3.63, 3.8) is 0 Å². The molecule has 4 heteroatoms. The highest BCUT2D eigenvalue weighted by Crippen LogP contribution is 2.36. The molecule has 2 aromatic rings. The molecule has 0 aliphatic heterocycles. The minimum atomic E-state index is 0.555. The Morgan fingerprint density at radius 2 is 1.80 bits per heavy atom. The topological polar surface area (TPSA) is 70.5 Å². The molecule has 106 valence electrons. The molecule has 4 nitrogen and oxygen atoms in total. The maximum Gasteiger partial charge on any atom is 0.163 e. The SMILES string of the molecule is COc1cc(-c2cccc(N)c2)cc(CCN)c1OC. The lowest BCUT2D eigenvalue weighted by atomic mass is 9.99. The maximum atomic E-state index is 5.84. The summed E-state index contributed by atoms with van der Waals surface area (Å²) in [6, 6.07) is 11.8. The molecule has 4 N–H and O–H groups in total. The van der Waals surface area contributed by atoms with Crippen LogP contribution >= 0.6 is 0 Å². The molecule has 20 heavy (non-hydrogen) atoms. The molecule has 0 saturated heterocycles. The third kappa shape index (κ3) is 2.86. The number of anilines is 1. The second-order valence-corrected chi connectivity index (χ2v) is 4.54. The van der Waals surface area contributed by atoms with Crippen molar-refractivity contribution in [1.82, 2.24) is 0 Å². The molecular weight excluding hydrogens is 252 g/mol. The Hall–Kier alpha value is -2.20. The van der Waals surface area contributed by atoms with E-state index in [1.165, 1.54) is 0 Å². The first-order chi connectivity index (χ1) is 9.69. The molecule has 0 heterocycles. The van der Waals surface area contributed by atoms with E-state index < -0.39 is 0 Å². The van der Waals surface area contributed by atoms with Gasteiger partial charge in [-0.1, -0.05) is 12.1 Å². The summed E-state index contributed by atoms with van der Waals surface area (Å²) in [5, 5.41) is 0. The Kier molecular flexibility index (Phi) is 4.48. The Balaban J connectivity index is 2.56. The van der Waals surface area contributed by atoms with Gasteiger partial charge < -0.3 is 20.9 Å². The van der Waals surface area contributed by atoms with E-state index in [2.05, 4.69) is 6.07 Å². The summed E-state index contributed by atoms with van der Waals surface area (Å²) in [7, 11) is 3.27. The van der Waals surface area contributed by atoms with Crippen LogP contribution in [-0.4, -0.2) is 20.8 Å². The van der Waals surface area contributed by atoms with E-state index in [1.54, 1.807) is 14.2 Å². The summed E-state index contributed by atoms with van der Waals surface area (Å²) in [6.07, 6.45) is 0.732. The summed E-state index contributed by atoms with van der Waals surface area (Å²) < 4.78 is 10.8. The third-order valence-corrected chi connectivity index (χ3v) is 3.19. The number of rotatable bonds is 5. The van der Waals surface area contributed by atoms with Crippen LogP contribution in [0.25, 0.3) is 11.1 Å². The molecule has 2 aromatic carbocycles. The van der Waals surface area contributed by atoms with Gasteiger partial charge in [0.25, 0.3) is 0 Å². The molecule has 0 spiro atoms. The Bertz CT molecular complexity index is 597. The second kappa shape index (κ2) is 6.30. The largest absolute Gasteiger partial charge is 0.493 e. The zero-order chi connectivity index (χ0) is 14.5. The van der Waals surface area contributed by atoms with Crippen molar-refractivity contribution in [2.45, 2.75) is 6.42 Å². The van der Waals surface area contributed by atoms with E-state index >= 15 is 0 Å². The number of methoxy groups -OCH3 is 2. The number of hydrogen-bond donors (Lipinski definition) is 2. The van der Waals surface area contributed by atoms with Gasteiger partial charge in [-0.3, -0.25) is 0 Å². The van der Waals surface area contributed by atoms with Crippen LogP contribution in [-0.2, 0) is 6.42 Å². The zero-order valence-electron chi connectivity index (χ0n) is 11.8. The third-order valence-electron chi connectivity index (χ3n) is 3.19. The van der Waals surface area contributed by atoms with E-state index in [4.69, 9.17) is 20.9 Å². The summed E-state index contributed by atoms with van der Waals surface area (Å²) >= 11 is 0. The first kappa shape index (κ1) is 14.2. The number of ether oxygens (including phenoxy) is 2. The van der Waals surface area contributed by atoms with Gasteiger partial charge in [-0.15, -0.1) is 0 Å². The summed E-state index contributed by atoms with van der Waals surface area (Å²) in [6.45, 7) is 0.555. The van der Waals surface area contributed by atoms with Crippen LogP contribution < -0.4 is 20.9 Å². The van der Waals surface area contributed by atoms with Gasteiger partial charge in [-0.2, -0.15) is 0 Å². The van der Waals surface area contributed by atoms with Gasteiger partial charge in [0.05, 0.1) is 14.2 Å². The first-order valence-corrected chi connectivity index (χ1v) is 6.50. The van der Waals surface area contributed by atoms with Crippen LogP contribution in [0.3, 0.4) is 0 Å². The second-order valence-electron chi connectivity index (χ2n) is 4.54. The van der Waals surface area contributed by atoms with Gasteiger partial charge in [-0.05, 0) is 53.9 Å². The van der Waals surface area contributed by atoms with Crippen LogP contribution in [0.1, 0.15) is 5.56 Å². The van der Waals surface area contributed by atoms with Crippen LogP contribution in [0.5, 0.6) is 11.5 Å².